The minimum Gasteiger partial charge on any atom is -0.502 e. The maximum absolute atomic E-state index is 11.3. The number of carbonyl (C=O) groups excluding carboxylic acids is 1. The van der Waals surface area contributed by atoms with Gasteiger partial charge in [-0.25, -0.2) is 0 Å². The van der Waals surface area contributed by atoms with Crippen molar-refractivity contribution in [3.63, 3.8) is 0 Å². The van der Waals surface area contributed by atoms with Gasteiger partial charge in [0.25, 0.3) is 5.91 Å². The number of ether oxygens (including phenoxy) is 1. The van der Waals surface area contributed by atoms with Crippen molar-refractivity contribution in [2.75, 3.05) is 19.5 Å². The third-order valence-electron chi connectivity index (χ3n) is 3.69. The van der Waals surface area contributed by atoms with Crippen LogP contribution < -0.4 is 5.32 Å². The molecule has 2 rings (SSSR count). The van der Waals surface area contributed by atoms with Gasteiger partial charge >= 0.3 is 0 Å². The number of aliphatic hydroxyl groups excluding tert-OH is 3. The second kappa shape index (κ2) is 6.08. The quantitative estimate of drug-likeness (QED) is 0.534. The standard InChI is InChI=1S/C14H23N2O5P/c1-8-15-13(20)9(17)7-16(8)14-12(19)11(18)10(21-14)5-6-22(2,3)4/h7,10-12,14,17-19H,1-2,5-6H2,3-4H3,(H,15,20). The molecule has 4 atom stereocenters. The summed E-state index contributed by atoms with van der Waals surface area (Å²) < 4.78 is 5.72. The molecule has 4 N–H and O–H groups in total. The third kappa shape index (κ3) is 3.55. The highest BCUT2D eigenvalue weighted by molar-refractivity contribution is 7.72. The molecule has 0 aliphatic carbocycles. The molecular formula is C14H23N2O5P. The zero-order chi connectivity index (χ0) is 16.7. The van der Waals surface area contributed by atoms with Gasteiger partial charge in [-0.1, -0.05) is 6.58 Å². The Kier molecular flexibility index (Phi) is 4.73. The first kappa shape index (κ1) is 17.1. The molecule has 0 spiro atoms. The van der Waals surface area contributed by atoms with E-state index in [0.717, 1.165) is 12.4 Å². The van der Waals surface area contributed by atoms with Crippen LogP contribution in [0.1, 0.15) is 6.42 Å². The molecule has 0 bridgehead atoms. The lowest BCUT2D eigenvalue weighted by Gasteiger charge is -2.33. The number of carbonyl (C=O) groups is 1. The summed E-state index contributed by atoms with van der Waals surface area (Å²) in [7, 11) is 0. The number of hydrogen-bond donors (Lipinski definition) is 4. The van der Waals surface area contributed by atoms with Gasteiger partial charge in [-0.3, -0.25) is 4.79 Å². The lowest BCUT2D eigenvalue weighted by Crippen LogP contribution is -2.47. The van der Waals surface area contributed by atoms with E-state index in [1.165, 1.54) is 4.90 Å². The molecule has 1 amide bonds. The van der Waals surface area contributed by atoms with Crippen molar-refractivity contribution in [3.05, 3.63) is 24.4 Å². The monoisotopic (exact) mass is 330 g/mol. The molecular weight excluding hydrogens is 307 g/mol. The van der Waals surface area contributed by atoms with E-state index in [9.17, 15) is 20.1 Å². The van der Waals surface area contributed by atoms with Gasteiger partial charge in [-0.15, -0.1) is 13.2 Å². The van der Waals surface area contributed by atoms with E-state index in [-0.39, 0.29) is 5.82 Å². The minimum atomic E-state index is -1.26. The molecule has 2 aliphatic heterocycles. The van der Waals surface area contributed by atoms with Crippen LogP contribution in [0.15, 0.2) is 24.4 Å². The fourth-order valence-electron chi connectivity index (χ4n) is 2.43. The highest BCUT2D eigenvalue weighted by Crippen LogP contribution is 2.38. The number of hydrogen-bond acceptors (Lipinski definition) is 6. The average molecular weight is 330 g/mol. The van der Waals surface area contributed by atoms with Crippen molar-refractivity contribution in [1.29, 1.82) is 0 Å². The van der Waals surface area contributed by atoms with E-state index >= 15 is 0 Å². The molecule has 7 nitrogen and oxygen atoms in total. The molecule has 8 heteroatoms. The summed E-state index contributed by atoms with van der Waals surface area (Å²) in [5.41, 5.74) is 0. The first-order valence-corrected chi connectivity index (χ1v) is 10.0. The molecule has 2 aliphatic rings. The van der Waals surface area contributed by atoms with E-state index < -0.39 is 43.1 Å². The summed E-state index contributed by atoms with van der Waals surface area (Å²) in [4.78, 5) is 12.6. The molecule has 0 radical (unpaired) electrons. The van der Waals surface area contributed by atoms with Crippen LogP contribution >= 0.6 is 6.89 Å². The zero-order valence-electron chi connectivity index (χ0n) is 12.8. The SMILES string of the molecule is C=C1NC(=O)C(O)=CN1C1OC(CCP(=C)(C)C)C(O)C1O. The fourth-order valence-corrected chi connectivity index (χ4v) is 3.38. The largest absolute Gasteiger partial charge is 0.502 e. The van der Waals surface area contributed by atoms with Crippen molar-refractivity contribution < 1.29 is 24.9 Å². The van der Waals surface area contributed by atoms with Gasteiger partial charge in [-0.2, -0.15) is 0 Å². The molecule has 22 heavy (non-hydrogen) atoms. The summed E-state index contributed by atoms with van der Waals surface area (Å²) in [5.74, 6) is -1.01. The molecule has 1 saturated heterocycles. The zero-order valence-corrected chi connectivity index (χ0v) is 13.7. The maximum Gasteiger partial charge on any atom is 0.293 e. The van der Waals surface area contributed by atoms with E-state index in [0.29, 0.717) is 6.42 Å². The average Bonchev–Trinajstić information content (AvgIpc) is 2.68. The van der Waals surface area contributed by atoms with Crippen LogP contribution in [-0.4, -0.2) is 76.5 Å². The maximum atomic E-state index is 11.3. The lowest BCUT2D eigenvalue weighted by atomic mass is 10.1. The Morgan fingerprint density at radius 3 is 2.64 bits per heavy atom. The summed E-state index contributed by atoms with van der Waals surface area (Å²) in [6, 6.07) is 0. The number of aliphatic hydroxyl groups is 3. The summed E-state index contributed by atoms with van der Waals surface area (Å²) >= 11 is 0. The van der Waals surface area contributed by atoms with Crippen LogP contribution in [0.2, 0.25) is 0 Å². The Hall–Kier alpha value is -1.27. The normalized spacial score (nSPS) is 32.9. The van der Waals surface area contributed by atoms with Gasteiger partial charge in [0.15, 0.2) is 12.0 Å². The molecule has 0 saturated carbocycles. The van der Waals surface area contributed by atoms with E-state index in [2.05, 4.69) is 31.5 Å². The Morgan fingerprint density at radius 2 is 2.05 bits per heavy atom. The Labute approximate surface area is 129 Å². The van der Waals surface area contributed by atoms with E-state index in [4.69, 9.17) is 4.74 Å². The molecule has 2 heterocycles. The minimum absolute atomic E-state index is 0.171. The van der Waals surface area contributed by atoms with Gasteiger partial charge in [0.05, 0.1) is 12.3 Å². The van der Waals surface area contributed by atoms with Crippen molar-refractivity contribution in [2.24, 2.45) is 0 Å². The third-order valence-corrected chi connectivity index (χ3v) is 5.16. The van der Waals surface area contributed by atoms with Gasteiger partial charge < -0.3 is 30.3 Å². The smallest absolute Gasteiger partial charge is 0.293 e. The Balaban J connectivity index is 2.11. The van der Waals surface area contributed by atoms with Crippen LogP contribution in [0.3, 0.4) is 0 Å². The summed E-state index contributed by atoms with van der Waals surface area (Å²) in [6.45, 7) is 6.57. The number of nitrogens with zero attached hydrogens (tertiary/aromatic N) is 1. The number of nitrogens with one attached hydrogen (secondary N) is 1. The van der Waals surface area contributed by atoms with Crippen LogP contribution in [0.4, 0.5) is 0 Å². The van der Waals surface area contributed by atoms with Crippen molar-refractivity contribution in [2.45, 2.75) is 31.0 Å². The number of rotatable bonds is 4. The predicted octanol–water partition coefficient (Wildman–Crippen LogP) is -0.165. The summed E-state index contributed by atoms with van der Waals surface area (Å²) in [5, 5.41) is 32.2. The predicted molar refractivity (Wildman–Crippen MR) is 85.9 cm³/mol. The van der Waals surface area contributed by atoms with Crippen molar-refractivity contribution >= 4 is 19.1 Å². The highest BCUT2D eigenvalue weighted by Gasteiger charge is 2.46. The second-order valence-corrected chi connectivity index (χ2v) is 10.6. The molecule has 0 aromatic heterocycles. The van der Waals surface area contributed by atoms with Crippen LogP contribution in [0.25, 0.3) is 0 Å². The highest BCUT2D eigenvalue weighted by atomic mass is 31.2. The van der Waals surface area contributed by atoms with Crippen LogP contribution in [-0.2, 0) is 9.53 Å². The fraction of sp³-hybridized carbons (Fsp3) is 0.571. The van der Waals surface area contributed by atoms with Crippen LogP contribution in [0.5, 0.6) is 0 Å². The molecule has 0 aromatic carbocycles. The van der Waals surface area contributed by atoms with Crippen molar-refractivity contribution in [1.82, 2.24) is 10.2 Å². The van der Waals surface area contributed by atoms with Gasteiger partial charge in [0.1, 0.15) is 18.0 Å². The Bertz CT molecular complexity index is 555. The second-order valence-electron chi connectivity index (χ2n) is 6.32. The Morgan fingerprint density at radius 1 is 1.41 bits per heavy atom. The first-order valence-electron chi connectivity index (χ1n) is 6.98. The molecule has 0 aromatic rings. The van der Waals surface area contributed by atoms with Gasteiger partial charge in [0.2, 0.25) is 0 Å². The molecule has 1 fully saturated rings. The number of amides is 1. The molecule has 4 unspecified atom stereocenters. The van der Waals surface area contributed by atoms with Gasteiger partial charge in [0, 0.05) is 0 Å². The van der Waals surface area contributed by atoms with Crippen molar-refractivity contribution in [3.8, 4) is 0 Å². The van der Waals surface area contributed by atoms with Crippen LogP contribution in [0, 0.1) is 0 Å². The van der Waals surface area contributed by atoms with E-state index in [1.54, 1.807) is 0 Å². The molecule has 124 valence electrons. The lowest BCUT2D eigenvalue weighted by molar-refractivity contribution is -0.122. The topological polar surface area (TPSA) is 102 Å². The summed E-state index contributed by atoms with van der Waals surface area (Å²) in [6.07, 6.45) is 3.00. The van der Waals surface area contributed by atoms with Gasteiger partial charge in [-0.05, 0) is 25.9 Å². The van der Waals surface area contributed by atoms with E-state index in [1.807, 2.05) is 0 Å². The first-order chi connectivity index (χ1) is 10.1.